The lowest BCUT2D eigenvalue weighted by Crippen LogP contribution is -2.16. The molecule has 2 aromatic heterocycles. The molecule has 1 N–H and O–H groups in total. The lowest BCUT2D eigenvalue weighted by molar-refractivity contribution is -0.385. The SMILES string of the molecule is CCOC(=O)c1c(NC(=O)/C(C#N)=C/c2ccc(-c3cccc([N+](=O)[O-])c3C)o2)sc(C)c1C. The van der Waals surface area contributed by atoms with Crippen molar-refractivity contribution in [2.75, 3.05) is 11.9 Å². The minimum atomic E-state index is -0.709. The number of carbonyl (C=O) groups excluding carboxylic acids is 2. The molecule has 0 spiro atoms. The van der Waals surface area contributed by atoms with Gasteiger partial charge in [-0.3, -0.25) is 14.9 Å². The Morgan fingerprint density at radius 1 is 1.24 bits per heavy atom. The Bertz CT molecular complexity index is 1360. The third-order valence-corrected chi connectivity index (χ3v) is 6.26. The first-order chi connectivity index (χ1) is 16.2. The van der Waals surface area contributed by atoms with Crippen LogP contribution in [0.25, 0.3) is 17.4 Å². The molecule has 174 valence electrons. The zero-order valence-electron chi connectivity index (χ0n) is 18.9. The van der Waals surface area contributed by atoms with E-state index < -0.39 is 16.8 Å². The van der Waals surface area contributed by atoms with Gasteiger partial charge in [-0.2, -0.15) is 5.26 Å². The standard InChI is InChI=1S/C24H21N3O6S/c1-5-32-24(29)21-13(2)15(4)34-23(21)26-22(28)16(12-25)11-17-9-10-20(33-17)18-7-6-8-19(14(18)3)27(30)31/h6-11H,5H2,1-4H3,(H,26,28)/b16-11+. The van der Waals surface area contributed by atoms with E-state index in [-0.39, 0.29) is 29.2 Å². The van der Waals surface area contributed by atoms with Crippen LogP contribution < -0.4 is 5.32 Å². The van der Waals surface area contributed by atoms with Gasteiger partial charge in [0.25, 0.3) is 11.6 Å². The van der Waals surface area contributed by atoms with Crippen LogP contribution >= 0.6 is 11.3 Å². The fraction of sp³-hybridized carbons (Fsp3) is 0.208. The molecule has 34 heavy (non-hydrogen) atoms. The molecule has 3 rings (SSSR count). The van der Waals surface area contributed by atoms with Crippen molar-refractivity contribution in [1.82, 2.24) is 0 Å². The second-order valence-electron chi connectivity index (χ2n) is 7.24. The molecular weight excluding hydrogens is 458 g/mol. The number of aryl methyl sites for hydroxylation is 1. The average molecular weight is 480 g/mol. The Labute approximate surface area is 199 Å². The maximum atomic E-state index is 12.8. The molecule has 0 saturated heterocycles. The Hall–Kier alpha value is -4.23. The number of hydrogen-bond acceptors (Lipinski definition) is 8. The molecule has 9 nitrogen and oxygen atoms in total. The molecule has 3 aromatic rings. The van der Waals surface area contributed by atoms with Gasteiger partial charge in [-0.25, -0.2) is 4.79 Å². The second-order valence-corrected chi connectivity index (χ2v) is 8.47. The predicted octanol–water partition coefficient (Wildman–Crippen LogP) is 5.56. The summed E-state index contributed by atoms with van der Waals surface area (Å²) in [6, 6.07) is 9.64. The number of nitrogens with one attached hydrogen (secondary N) is 1. The number of nitro groups is 1. The molecule has 2 heterocycles. The zero-order chi connectivity index (χ0) is 25.0. The van der Waals surface area contributed by atoms with Gasteiger partial charge in [0.05, 0.1) is 17.1 Å². The van der Waals surface area contributed by atoms with E-state index >= 15 is 0 Å². The highest BCUT2D eigenvalue weighted by Gasteiger charge is 2.23. The second kappa shape index (κ2) is 10.1. The average Bonchev–Trinajstić information content (AvgIpc) is 3.36. The number of amides is 1. The van der Waals surface area contributed by atoms with Gasteiger partial charge < -0.3 is 14.5 Å². The fourth-order valence-corrected chi connectivity index (χ4v) is 4.33. The van der Waals surface area contributed by atoms with Crippen molar-refractivity contribution in [3.05, 3.63) is 73.3 Å². The highest BCUT2D eigenvalue weighted by molar-refractivity contribution is 7.16. The molecule has 1 aromatic carbocycles. The number of thiophene rings is 1. The number of ether oxygens (including phenoxy) is 1. The van der Waals surface area contributed by atoms with E-state index in [2.05, 4.69) is 5.32 Å². The third kappa shape index (κ3) is 4.89. The highest BCUT2D eigenvalue weighted by atomic mass is 32.1. The summed E-state index contributed by atoms with van der Waals surface area (Å²) in [5.74, 6) is -0.681. The summed E-state index contributed by atoms with van der Waals surface area (Å²) < 4.78 is 10.8. The Balaban J connectivity index is 1.89. The summed E-state index contributed by atoms with van der Waals surface area (Å²) in [6.45, 7) is 7.07. The number of hydrogen-bond donors (Lipinski definition) is 1. The van der Waals surface area contributed by atoms with Crippen LogP contribution in [-0.4, -0.2) is 23.4 Å². The summed E-state index contributed by atoms with van der Waals surface area (Å²) in [5.41, 5.74) is 1.64. The third-order valence-electron chi connectivity index (χ3n) is 5.14. The van der Waals surface area contributed by atoms with Gasteiger partial charge in [0.2, 0.25) is 0 Å². The van der Waals surface area contributed by atoms with Gasteiger partial charge in [0.15, 0.2) is 0 Å². The number of nitrogens with zero attached hydrogens (tertiary/aromatic N) is 2. The van der Waals surface area contributed by atoms with Crippen LogP contribution in [0, 0.1) is 42.2 Å². The van der Waals surface area contributed by atoms with E-state index in [0.717, 1.165) is 4.88 Å². The van der Waals surface area contributed by atoms with Crippen molar-refractivity contribution in [2.45, 2.75) is 27.7 Å². The van der Waals surface area contributed by atoms with Crippen LogP contribution in [-0.2, 0) is 9.53 Å². The van der Waals surface area contributed by atoms with Crippen molar-refractivity contribution < 1.29 is 23.7 Å². The number of esters is 1. The topological polar surface area (TPSA) is 135 Å². The smallest absolute Gasteiger partial charge is 0.341 e. The van der Waals surface area contributed by atoms with Crippen LogP contribution in [0.1, 0.15) is 39.0 Å². The molecule has 0 atom stereocenters. The van der Waals surface area contributed by atoms with Crippen molar-refractivity contribution in [1.29, 1.82) is 5.26 Å². The number of rotatable bonds is 7. The Kier molecular flexibility index (Phi) is 7.28. The maximum absolute atomic E-state index is 12.8. The van der Waals surface area contributed by atoms with Gasteiger partial charge >= 0.3 is 5.97 Å². The normalized spacial score (nSPS) is 11.1. The molecule has 0 radical (unpaired) electrons. The molecule has 0 saturated carbocycles. The highest BCUT2D eigenvalue weighted by Crippen LogP contribution is 2.34. The summed E-state index contributed by atoms with van der Waals surface area (Å²) in [6.07, 6.45) is 1.27. The molecule has 0 aliphatic heterocycles. The summed E-state index contributed by atoms with van der Waals surface area (Å²) in [5, 5.41) is 23.7. The summed E-state index contributed by atoms with van der Waals surface area (Å²) in [4.78, 5) is 36.7. The molecule has 10 heteroatoms. The van der Waals surface area contributed by atoms with Crippen molar-refractivity contribution in [2.24, 2.45) is 0 Å². The van der Waals surface area contributed by atoms with Gasteiger partial charge in [-0.05, 0) is 45.4 Å². The lowest BCUT2D eigenvalue weighted by Gasteiger charge is -2.06. The van der Waals surface area contributed by atoms with E-state index in [9.17, 15) is 25.0 Å². The van der Waals surface area contributed by atoms with E-state index in [0.29, 0.717) is 27.5 Å². The van der Waals surface area contributed by atoms with Crippen molar-refractivity contribution in [3.63, 3.8) is 0 Å². The largest absolute Gasteiger partial charge is 0.462 e. The molecular formula is C24H21N3O6S. The molecule has 1 amide bonds. The van der Waals surface area contributed by atoms with E-state index in [4.69, 9.17) is 9.15 Å². The van der Waals surface area contributed by atoms with Gasteiger partial charge in [0, 0.05) is 28.1 Å². The molecule has 0 fully saturated rings. The van der Waals surface area contributed by atoms with Crippen molar-refractivity contribution in [3.8, 4) is 17.4 Å². The number of anilines is 1. The number of nitriles is 1. The lowest BCUT2D eigenvalue weighted by atomic mass is 10.1. The molecule has 0 aliphatic carbocycles. The fourth-order valence-electron chi connectivity index (χ4n) is 3.29. The Morgan fingerprint density at radius 3 is 2.62 bits per heavy atom. The monoisotopic (exact) mass is 479 g/mol. The minimum Gasteiger partial charge on any atom is -0.462 e. The van der Waals surface area contributed by atoms with Crippen LogP contribution in [0.4, 0.5) is 10.7 Å². The predicted molar refractivity (Wildman–Crippen MR) is 128 cm³/mol. The van der Waals surface area contributed by atoms with Crippen LogP contribution in [0.3, 0.4) is 0 Å². The van der Waals surface area contributed by atoms with E-state index in [1.54, 1.807) is 45.0 Å². The summed E-state index contributed by atoms with van der Waals surface area (Å²) >= 11 is 1.22. The molecule has 0 unspecified atom stereocenters. The van der Waals surface area contributed by atoms with Crippen LogP contribution in [0.15, 0.2) is 40.3 Å². The summed E-state index contributed by atoms with van der Waals surface area (Å²) in [7, 11) is 0. The number of benzene rings is 1. The molecule has 0 aliphatic rings. The number of carbonyl (C=O) groups is 2. The number of nitro benzene ring substituents is 1. The minimum absolute atomic E-state index is 0.0398. The van der Waals surface area contributed by atoms with E-state index in [1.165, 1.54) is 23.5 Å². The van der Waals surface area contributed by atoms with Gasteiger partial charge in [-0.15, -0.1) is 11.3 Å². The van der Waals surface area contributed by atoms with E-state index in [1.807, 2.05) is 13.0 Å². The maximum Gasteiger partial charge on any atom is 0.341 e. The quantitative estimate of drug-likeness (QED) is 0.154. The van der Waals surface area contributed by atoms with Crippen molar-refractivity contribution >= 4 is 40.0 Å². The van der Waals surface area contributed by atoms with Crippen LogP contribution in [0.2, 0.25) is 0 Å². The Morgan fingerprint density at radius 2 is 1.97 bits per heavy atom. The first-order valence-electron chi connectivity index (χ1n) is 10.2. The number of furan rings is 1. The zero-order valence-corrected chi connectivity index (χ0v) is 19.7. The van der Waals surface area contributed by atoms with Gasteiger partial charge in [-0.1, -0.05) is 12.1 Å². The van der Waals surface area contributed by atoms with Crippen LogP contribution in [0.5, 0.6) is 0 Å². The first kappa shape index (κ1) is 24.4. The molecule has 0 bridgehead atoms. The first-order valence-corrected chi connectivity index (χ1v) is 11.0. The van der Waals surface area contributed by atoms with Gasteiger partial charge in [0.1, 0.15) is 28.2 Å².